The fourth-order valence-electron chi connectivity index (χ4n) is 7.82. The summed E-state index contributed by atoms with van der Waals surface area (Å²) in [6.07, 6.45) is 6.93. The third-order valence-corrected chi connectivity index (χ3v) is 11.0. The van der Waals surface area contributed by atoms with E-state index in [0.29, 0.717) is 25.7 Å². The number of carbonyl (C=O) groups is 2. The molecule has 3 aliphatic heterocycles. The van der Waals surface area contributed by atoms with Crippen LogP contribution in [0.25, 0.3) is 0 Å². The van der Waals surface area contributed by atoms with Gasteiger partial charge >= 0.3 is 5.97 Å². The van der Waals surface area contributed by atoms with Gasteiger partial charge in [-0.25, -0.2) is 0 Å². The van der Waals surface area contributed by atoms with Crippen molar-refractivity contribution in [3.63, 3.8) is 0 Å². The van der Waals surface area contributed by atoms with Crippen LogP contribution < -0.4 is 0 Å². The van der Waals surface area contributed by atoms with Crippen molar-refractivity contribution >= 4 is 11.8 Å². The molecule has 0 radical (unpaired) electrons. The summed E-state index contributed by atoms with van der Waals surface area (Å²) >= 11 is 0. The van der Waals surface area contributed by atoms with Gasteiger partial charge in [0, 0.05) is 25.2 Å². The number of hydrogen-bond acceptors (Lipinski definition) is 10. The van der Waals surface area contributed by atoms with Gasteiger partial charge in [0.2, 0.25) is 0 Å². The highest BCUT2D eigenvalue weighted by molar-refractivity contribution is 5.80. The molecular formula is C40H66O10. The van der Waals surface area contributed by atoms with Crippen molar-refractivity contribution in [1.82, 2.24) is 0 Å². The van der Waals surface area contributed by atoms with Crippen LogP contribution in [0.1, 0.15) is 120 Å². The minimum Gasteiger partial charge on any atom is -0.462 e. The Bertz CT molecular complexity index is 1180. The van der Waals surface area contributed by atoms with Gasteiger partial charge in [0.25, 0.3) is 0 Å². The molecule has 50 heavy (non-hydrogen) atoms. The number of aliphatic hydroxyl groups is 4. The van der Waals surface area contributed by atoms with E-state index < -0.39 is 60.6 Å². The zero-order valence-corrected chi connectivity index (χ0v) is 31.9. The Morgan fingerprint density at radius 1 is 1.06 bits per heavy atom. The summed E-state index contributed by atoms with van der Waals surface area (Å²) in [7, 11) is 0. The summed E-state index contributed by atoms with van der Waals surface area (Å²) in [6, 6.07) is 0. The number of allylic oxidation sites excluding steroid dienone is 2. The van der Waals surface area contributed by atoms with Crippen LogP contribution in [0.2, 0.25) is 0 Å². The quantitative estimate of drug-likeness (QED) is 0.167. The van der Waals surface area contributed by atoms with E-state index >= 15 is 0 Å². The average molecular weight is 707 g/mol. The molecule has 4 N–H and O–H groups in total. The molecule has 0 saturated carbocycles. The largest absolute Gasteiger partial charge is 0.462 e. The predicted octanol–water partition coefficient (Wildman–Crippen LogP) is 5.94. The van der Waals surface area contributed by atoms with E-state index in [-0.39, 0.29) is 54.8 Å². The molecule has 0 aromatic rings. The standard InChI is InChI=1S/C40H66O10/c1-10-32(41)29(8)36(44)26(5)20-28(7)38-27(6)19-23(2)15-16-31(48-35-21-33(42)37(45)30(9)47-35)14-12-11-13-24(3)39-25(4)17-18-40(46,50-39)22-34(43)49-38/h13,15-17,23,26-31,33,35-39,42,44-46H,10-12,14,18-22H2,1-9H3/b16-15?,24-13+/t23-,26+,27+,28+,29+,30+,31+,33+,35-,36-,37+,38-,39+,40+/m0/s1. The summed E-state index contributed by atoms with van der Waals surface area (Å²) < 4.78 is 24.7. The molecule has 3 aliphatic rings. The van der Waals surface area contributed by atoms with Crippen LogP contribution >= 0.6 is 0 Å². The maximum Gasteiger partial charge on any atom is 0.311 e. The molecule has 0 amide bonds. The third-order valence-electron chi connectivity index (χ3n) is 11.0. The summed E-state index contributed by atoms with van der Waals surface area (Å²) in [5.41, 5.74) is 1.91. The molecule has 10 heteroatoms. The number of Topliss-reactive ketones (excluding diaryl/α,β-unsaturated/α-hetero) is 1. The second kappa shape index (κ2) is 19.2. The van der Waals surface area contributed by atoms with E-state index in [4.69, 9.17) is 18.9 Å². The zero-order valence-electron chi connectivity index (χ0n) is 31.9. The molecule has 0 aromatic carbocycles. The first kappa shape index (κ1) is 42.5. The monoisotopic (exact) mass is 706 g/mol. The molecule has 286 valence electrons. The Morgan fingerprint density at radius 3 is 2.40 bits per heavy atom. The Hall–Kier alpha value is -1.92. The molecular weight excluding hydrogens is 640 g/mol. The van der Waals surface area contributed by atoms with Gasteiger partial charge in [0.15, 0.2) is 12.1 Å². The first-order valence-corrected chi connectivity index (χ1v) is 18.9. The lowest BCUT2D eigenvalue weighted by atomic mass is 9.79. The molecule has 0 spiro atoms. The van der Waals surface area contributed by atoms with Crippen LogP contribution in [0.3, 0.4) is 0 Å². The number of cyclic esters (lactones) is 1. The Labute approximate surface area is 300 Å². The Kier molecular flexibility index (Phi) is 16.4. The number of rotatable bonds is 9. The molecule has 2 bridgehead atoms. The highest BCUT2D eigenvalue weighted by Crippen LogP contribution is 2.35. The lowest BCUT2D eigenvalue weighted by Gasteiger charge is -2.38. The summed E-state index contributed by atoms with van der Waals surface area (Å²) in [4.78, 5) is 25.9. The molecule has 3 heterocycles. The smallest absolute Gasteiger partial charge is 0.311 e. The van der Waals surface area contributed by atoms with E-state index in [1.54, 1.807) is 20.8 Å². The summed E-state index contributed by atoms with van der Waals surface area (Å²) in [5.74, 6) is -3.05. The van der Waals surface area contributed by atoms with Crippen LogP contribution in [0, 0.1) is 29.6 Å². The van der Waals surface area contributed by atoms with E-state index in [1.807, 2.05) is 33.8 Å². The maximum atomic E-state index is 13.6. The van der Waals surface area contributed by atoms with Crippen molar-refractivity contribution in [2.75, 3.05) is 0 Å². The molecule has 1 fully saturated rings. The lowest BCUT2D eigenvalue weighted by Crippen LogP contribution is -2.48. The second-order valence-electron chi connectivity index (χ2n) is 15.7. The minimum absolute atomic E-state index is 0.0163. The van der Waals surface area contributed by atoms with Crippen LogP contribution in [-0.2, 0) is 28.5 Å². The van der Waals surface area contributed by atoms with E-state index in [9.17, 15) is 30.0 Å². The summed E-state index contributed by atoms with van der Waals surface area (Å²) in [5, 5.41) is 43.0. The van der Waals surface area contributed by atoms with E-state index in [1.165, 1.54) is 0 Å². The van der Waals surface area contributed by atoms with Crippen LogP contribution in [-0.4, -0.2) is 87.0 Å². The van der Waals surface area contributed by atoms with E-state index in [0.717, 1.165) is 24.0 Å². The van der Waals surface area contributed by atoms with Gasteiger partial charge in [-0.1, -0.05) is 65.8 Å². The molecule has 0 aromatic heterocycles. The topological polar surface area (TPSA) is 152 Å². The Balaban J connectivity index is 1.88. The number of ether oxygens (including phenoxy) is 4. The predicted molar refractivity (Wildman–Crippen MR) is 192 cm³/mol. The van der Waals surface area contributed by atoms with Crippen molar-refractivity contribution in [3.05, 3.63) is 35.5 Å². The molecule has 14 atom stereocenters. The van der Waals surface area contributed by atoms with Crippen molar-refractivity contribution < 1.29 is 49.0 Å². The van der Waals surface area contributed by atoms with Crippen LogP contribution in [0.4, 0.5) is 0 Å². The van der Waals surface area contributed by atoms with Gasteiger partial charge in [-0.15, -0.1) is 0 Å². The zero-order chi connectivity index (χ0) is 37.3. The van der Waals surface area contributed by atoms with Crippen molar-refractivity contribution in [2.45, 2.75) is 175 Å². The number of esters is 1. The molecule has 10 nitrogen and oxygen atoms in total. The first-order valence-electron chi connectivity index (χ1n) is 18.9. The normalized spacial score (nSPS) is 38.7. The minimum atomic E-state index is -1.71. The fraction of sp³-hybridized carbons (Fsp3) is 0.800. The highest BCUT2D eigenvalue weighted by Gasteiger charge is 2.40. The van der Waals surface area contributed by atoms with Crippen molar-refractivity contribution in [1.29, 1.82) is 0 Å². The average Bonchev–Trinajstić information content (AvgIpc) is 3.05. The SMILES string of the molecule is CCC(=O)[C@@H](C)[C@@H](O)[C@H](C)C[C@@H](C)[C@H]1OC(=O)C[C@@]2(O)CC=C(C)[C@H](O2)/C(C)=C/CCC[C@@H](O[C@H]2C[C@@H](O)[C@H](O)[C@@H](C)O2)C=C[C@H](C)C[C@H]1C. The van der Waals surface area contributed by atoms with Gasteiger partial charge < -0.3 is 39.4 Å². The lowest BCUT2D eigenvalue weighted by molar-refractivity contribution is -0.254. The van der Waals surface area contributed by atoms with Gasteiger partial charge in [-0.2, -0.15) is 0 Å². The van der Waals surface area contributed by atoms with Gasteiger partial charge in [-0.3, -0.25) is 9.59 Å². The molecule has 1 saturated heterocycles. The van der Waals surface area contributed by atoms with Crippen LogP contribution in [0.5, 0.6) is 0 Å². The molecule has 0 aliphatic carbocycles. The van der Waals surface area contributed by atoms with E-state index in [2.05, 4.69) is 32.1 Å². The van der Waals surface area contributed by atoms with Crippen LogP contribution in [0.15, 0.2) is 35.5 Å². The fourth-order valence-corrected chi connectivity index (χ4v) is 7.82. The van der Waals surface area contributed by atoms with Crippen molar-refractivity contribution in [3.8, 4) is 0 Å². The number of ketones is 1. The van der Waals surface area contributed by atoms with Gasteiger partial charge in [0.1, 0.15) is 24.1 Å². The highest BCUT2D eigenvalue weighted by atomic mass is 16.7. The first-order chi connectivity index (χ1) is 23.4. The number of carbonyl (C=O) groups excluding carboxylic acids is 2. The number of fused-ring (bicyclic) bond motifs is 2. The maximum absolute atomic E-state index is 13.6. The third kappa shape index (κ3) is 12.1. The summed E-state index contributed by atoms with van der Waals surface area (Å²) in [6.45, 7) is 17.3. The van der Waals surface area contributed by atoms with Crippen molar-refractivity contribution in [2.24, 2.45) is 29.6 Å². The van der Waals surface area contributed by atoms with Gasteiger partial charge in [-0.05, 0) is 87.7 Å². The van der Waals surface area contributed by atoms with Gasteiger partial charge in [0.05, 0.1) is 30.8 Å². The molecule has 0 unspecified atom stereocenters. The Morgan fingerprint density at radius 2 is 1.74 bits per heavy atom. The second-order valence-corrected chi connectivity index (χ2v) is 15.7. The molecule has 3 rings (SSSR count). The number of hydrogen-bond donors (Lipinski definition) is 4. The number of aliphatic hydroxyl groups excluding tert-OH is 3.